The molecule has 0 unspecified atom stereocenters. The van der Waals surface area contributed by atoms with Crippen LogP contribution in [-0.2, 0) is 5.38 Å². The first-order valence-corrected chi connectivity index (χ1v) is 7.66. The molecule has 0 amide bonds. The van der Waals surface area contributed by atoms with Crippen LogP contribution in [0.3, 0.4) is 0 Å². The van der Waals surface area contributed by atoms with Crippen LogP contribution in [-0.4, -0.2) is 17.3 Å². The number of nitrogens with one attached hydrogen (secondary N) is 1. The van der Waals surface area contributed by atoms with Crippen molar-refractivity contribution in [3.8, 4) is 17.1 Å². The number of aromatic nitrogens is 2. The molecule has 0 aliphatic carbocycles. The minimum absolute atomic E-state index is 0.0292. The number of para-hydroxylation sites is 1. The molecule has 0 spiro atoms. The molecule has 3 aromatic rings. The van der Waals surface area contributed by atoms with Crippen molar-refractivity contribution in [3.63, 3.8) is 0 Å². The van der Waals surface area contributed by atoms with Gasteiger partial charge < -0.3 is 14.6 Å². The quantitative estimate of drug-likeness (QED) is 0.610. The fourth-order valence-corrected chi connectivity index (χ4v) is 2.35. The van der Waals surface area contributed by atoms with Crippen LogP contribution in [0.25, 0.3) is 11.4 Å². The third kappa shape index (κ3) is 3.83. The van der Waals surface area contributed by atoms with Crippen molar-refractivity contribution in [2.45, 2.75) is 5.38 Å². The molecule has 0 saturated heterocycles. The van der Waals surface area contributed by atoms with Gasteiger partial charge in [0.05, 0.1) is 12.1 Å². The highest BCUT2D eigenvalue weighted by molar-refractivity contribution is 6.33. The van der Waals surface area contributed by atoms with Crippen molar-refractivity contribution < 1.29 is 18.0 Å². The molecule has 5 nitrogen and oxygen atoms in total. The Bertz CT molecular complexity index is 897. The lowest BCUT2D eigenvalue weighted by Gasteiger charge is -2.12. The zero-order valence-corrected chi connectivity index (χ0v) is 14.2. The van der Waals surface area contributed by atoms with E-state index in [2.05, 4.69) is 26.0 Å². The molecule has 2 aromatic carbocycles. The molecule has 1 aromatic heterocycles. The molecule has 0 bridgehead atoms. The Morgan fingerprint density at radius 2 is 2.12 bits per heavy atom. The number of anilines is 2. The molecule has 129 valence electrons. The highest BCUT2D eigenvalue weighted by Gasteiger charge is 2.35. The molecule has 25 heavy (non-hydrogen) atoms. The van der Waals surface area contributed by atoms with E-state index in [1.165, 1.54) is 7.11 Å². The maximum Gasteiger partial charge on any atom is 0.400 e. The first-order chi connectivity index (χ1) is 11.9. The first-order valence-electron chi connectivity index (χ1n) is 6.91. The molecule has 0 atom stereocenters. The van der Waals surface area contributed by atoms with Gasteiger partial charge in [-0.3, -0.25) is 0 Å². The zero-order chi connectivity index (χ0) is 18.0. The van der Waals surface area contributed by atoms with Crippen molar-refractivity contribution in [1.29, 1.82) is 0 Å². The molecule has 3 rings (SSSR count). The minimum Gasteiger partial charge on any atom is -0.495 e. The summed E-state index contributed by atoms with van der Waals surface area (Å²) in [6.45, 7) is 0. The summed E-state index contributed by atoms with van der Waals surface area (Å²) in [6.07, 6.45) is 0. The lowest BCUT2D eigenvalue weighted by molar-refractivity contribution is 0.0551. The standard InChI is InChI=1S/C16H10Cl2F2N3O2/c1-24-12-7-3-6-11(17)13(12)21-10-5-2-4-9(8-10)14-22-15(25-23-14)16(18,19)20/h2-4,6-8,21H,1H3. The largest absolute Gasteiger partial charge is 0.495 e. The lowest BCUT2D eigenvalue weighted by Crippen LogP contribution is -2.03. The number of nitrogens with zero attached hydrogens (tertiary/aromatic N) is 2. The van der Waals surface area contributed by atoms with Crippen LogP contribution < -0.4 is 10.1 Å². The normalized spacial score (nSPS) is 11.4. The van der Waals surface area contributed by atoms with Crippen LogP contribution in [0, 0.1) is 6.07 Å². The Labute approximate surface area is 151 Å². The van der Waals surface area contributed by atoms with Crippen LogP contribution in [0.2, 0.25) is 5.02 Å². The predicted octanol–water partition coefficient (Wildman–Crippen LogP) is 5.23. The summed E-state index contributed by atoms with van der Waals surface area (Å²) in [7, 11) is 1.52. The molecule has 1 radical (unpaired) electrons. The molecule has 0 aliphatic heterocycles. The van der Waals surface area contributed by atoms with Crippen molar-refractivity contribution in [2.24, 2.45) is 0 Å². The van der Waals surface area contributed by atoms with Crippen molar-refractivity contribution >= 4 is 34.6 Å². The van der Waals surface area contributed by atoms with E-state index in [9.17, 15) is 8.78 Å². The highest BCUT2D eigenvalue weighted by atomic mass is 35.5. The second kappa shape index (κ2) is 6.85. The van der Waals surface area contributed by atoms with Crippen LogP contribution in [0.15, 0.2) is 40.9 Å². The Hall–Kier alpha value is -2.38. The molecule has 9 heteroatoms. The summed E-state index contributed by atoms with van der Waals surface area (Å²) in [5.41, 5.74) is 1.48. The van der Waals surface area contributed by atoms with Gasteiger partial charge in [-0.1, -0.05) is 35.0 Å². The van der Waals surface area contributed by atoms with E-state index in [1.807, 2.05) is 0 Å². The van der Waals surface area contributed by atoms with Crippen molar-refractivity contribution in [3.05, 3.63) is 53.4 Å². The maximum absolute atomic E-state index is 13.0. The summed E-state index contributed by atoms with van der Waals surface area (Å²) in [6, 6.07) is 12.9. The number of rotatable bonds is 5. The van der Waals surface area contributed by atoms with Gasteiger partial charge in [0.15, 0.2) is 0 Å². The van der Waals surface area contributed by atoms with Crippen LogP contribution in [0.4, 0.5) is 20.2 Å². The summed E-state index contributed by atoms with van der Waals surface area (Å²) < 4.78 is 35.7. The van der Waals surface area contributed by atoms with E-state index in [-0.39, 0.29) is 5.82 Å². The predicted molar refractivity (Wildman–Crippen MR) is 89.6 cm³/mol. The summed E-state index contributed by atoms with van der Waals surface area (Å²) in [5.74, 6) is -0.465. The summed E-state index contributed by atoms with van der Waals surface area (Å²) >= 11 is 11.0. The van der Waals surface area contributed by atoms with E-state index in [0.717, 1.165) is 0 Å². The smallest absolute Gasteiger partial charge is 0.400 e. The number of hydrogen-bond donors (Lipinski definition) is 1. The molecule has 1 N–H and O–H groups in total. The molecular weight excluding hydrogens is 375 g/mol. The Morgan fingerprint density at radius 1 is 1.32 bits per heavy atom. The second-order valence-corrected chi connectivity index (χ2v) is 5.74. The number of benzene rings is 2. The van der Waals surface area contributed by atoms with Crippen molar-refractivity contribution in [1.82, 2.24) is 10.1 Å². The van der Waals surface area contributed by atoms with Gasteiger partial charge in [-0.2, -0.15) is 13.8 Å². The number of hydrogen-bond acceptors (Lipinski definition) is 5. The second-order valence-electron chi connectivity index (χ2n) is 4.85. The molecular formula is C16H10Cl2F2N3O2. The van der Waals surface area contributed by atoms with Crippen LogP contribution in [0.5, 0.6) is 5.75 Å². The topological polar surface area (TPSA) is 60.2 Å². The fraction of sp³-hybridized carbons (Fsp3) is 0.125. The van der Waals surface area contributed by atoms with E-state index in [4.69, 9.17) is 27.9 Å². The number of ether oxygens (including phenoxy) is 1. The van der Waals surface area contributed by atoms with Gasteiger partial charge in [0.25, 0.3) is 0 Å². The van der Waals surface area contributed by atoms with Crippen molar-refractivity contribution in [2.75, 3.05) is 12.4 Å². The van der Waals surface area contributed by atoms with Gasteiger partial charge in [0.1, 0.15) is 11.4 Å². The summed E-state index contributed by atoms with van der Waals surface area (Å²) in [5, 5.41) is 3.30. The SMILES string of the molecule is COc1cccc(Cl)c1Nc1[c]ccc(-c2noc(C(F)(F)Cl)n2)c1. The van der Waals surface area contributed by atoms with Gasteiger partial charge in [-0.15, -0.1) is 0 Å². The van der Waals surface area contributed by atoms with E-state index >= 15 is 0 Å². The van der Waals surface area contributed by atoms with E-state index in [0.29, 0.717) is 27.7 Å². The average Bonchev–Trinajstić information content (AvgIpc) is 3.07. The average molecular weight is 385 g/mol. The lowest BCUT2D eigenvalue weighted by atomic mass is 10.2. The molecule has 0 saturated carbocycles. The van der Waals surface area contributed by atoms with Gasteiger partial charge in [-0.05, 0) is 29.8 Å². The molecule has 0 aliphatic rings. The van der Waals surface area contributed by atoms with Gasteiger partial charge in [0, 0.05) is 17.3 Å². The number of alkyl halides is 3. The highest BCUT2D eigenvalue weighted by Crippen LogP contribution is 2.36. The van der Waals surface area contributed by atoms with E-state index in [1.54, 1.807) is 36.4 Å². The summed E-state index contributed by atoms with van der Waals surface area (Å²) in [4.78, 5) is 3.60. The Kier molecular flexibility index (Phi) is 4.78. The van der Waals surface area contributed by atoms with Crippen LogP contribution in [0.1, 0.15) is 5.89 Å². The minimum atomic E-state index is -3.72. The number of methoxy groups -OCH3 is 1. The first kappa shape index (κ1) is 17.4. The molecule has 1 heterocycles. The molecule has 0 fully saturated rings. The zero-order valence-electron chi connectivity index (χ0n) is 12.7. The third-order valence-corrected chi connectivity index (χ3v) is 3.66. The fourth-order valence-electron chi connectivity index (χ4n) is 2.06. The monoisotopic (exact) mass is 384 g/mol. The number of halogens is 4. The third-order valence-electron chi connectivity index (χ3n) is 3.18. The maximum atomic E-state index is 13.0. The Balaban J connectivity index is 1.92. The van der Waals surface area contributed by atoms with Gasteiger partial charge in [-0.25, -0.2) is 0 Å². The van der Waals surface area contributed by atoms with Gasteiger partial charge in [0.2, 0.25) is 5.82 Å². The van der Waals surface area contributed by atoms with E-state index < -0.39 is 11.3 Å². The van der Waals surface area contributed by atoms with Crippen LogP contribution >= 0.6 is 23.2 Å². The van der Waals surface area contributed by atoms with Gasteiger partial charge >= 0.3 is 11.3 Å². The Morgan fingerprint density at radius 3 is 2.80 bits per heavy atom.